The minimum absolute atomic E-state index is 0.0613. The first-order valence-corrected chi connectivity index (χ1v) is 7.64. The molecular formula is C17H25NO3. The molecule has 1 amide bonds. The number of hydrogen-bond donors (Lipinski definition) is 1. The molecule has 2 rings (SSSR count). The second-order valence-corrected chi connectivity index (χ2v) is 5.97. The number of aliphatic hydroxyl groups is 1. The van der Waals surface area contributed by atoms with E-state index in [0.29, 0.717) is 19.6 Å². The lowest BCUT2D eigenvalue weighted by Gasteiger charge is -2.34. The second kappa shape index (κ2) is 6.94. The number of aliphatic hydroxyl groups excluding tert-OH is 1. The molecule has 1 heterocycles. The van der Waals surface area contributed by atoms with Crippen LogP contribution in [0.4, 0.5) is 0 Å². The maximum absolute atomic E-state index is 12.1. The Labute approximate surface area is 126 Å². The number of piperidine rings is 1. The van der Waals surface area contributed by atoms with Crippen molar-refractivity contribution in [3.63, 3.8) is 0 Å². The van der Waals surface area contributed by atoms with Gasteiger partial charge in [-0.3, -0.25) is 4.79 Å². The monoisotopic (exact) mass is 291 g/mol. The smallest absolute Gasteiger partial charge is 0.226 e. The number of amides is 1. The average molecular weight is 291 g/mol. The lowest BCUT2D eigenvalue weighted by atomic mass is 9.96. The molecule has 1 aliphatic rings. The summed E-state index contributed by atoms with van der Waals surface area (Å²) in [5.74, 6) is 1.18. The highest BCUT2D eigenvalue weighted by Gasteiger charge is 2.26. The van der Waals surface area contributed by atoms with Gasteiger partial charge in [0.25, 0.3) is 0 Å². The van der Waals surface area contributed by atoms with Crippen molar-refractivity contribution in [2.75, 3.05) is 19.7 Å². The van der Waals surface area contributed by atoms with Crippen LogP contribution in [0, 0.1) is 19.8 Å². The lowest BCUT2D eigenvalue weighted by molar-refractivity contribution is -0.135. The Balaban J connectivity index is 1.81. The minimum atomic E-state index is -0.400. The van der Waals surface area contributed by atoms with E-state index in [0.717, 1.165) is 24.3 Å². The van der Waals surface area contributed by atoms with Crippen LogP contribution in [0.2, 0.25) is 0 Å². The number of aryl methyl sites for hydroxylation is 1. The molecule has 1 N–H and O–H groups in total. The topological polar surface area (TPSA) is 49.8 Å². The number of carbonyl (C=O) groups is 1. The lowest BCUT2D eigenvalue weighted by Crippen LogP contribution is -2.46. The van der Waals surface area contributed by atoms with E-state index in [4.69, 9.17) is 4.74 Å². The fourth-order valence-electron chi connectivity index (χ4n) is 2.56. The predicted octanol–water partition coefficient (Wildman–Crippen LogP) is 2.30. The molecule has 4 nitrogen and oxygen atoms in total. The molecule has 0 saturated carbocycles. The summed E-state index contributed by atoms with van der Waals surface area (Å²) in [6.45, 7) is 7.66. The van der Waals surface area contributed by atoms with Gasteiger partial charge in [-0.1, -0.05) is 19.1 Å². The van der Waals surface area contributed by atoms with Gasteiger partial charge in [-0.05, 0) is 43.4 Å². The van der Waals surface area contributed by atoms with Gasteiger partial charge in [0.05, 0.1) is 19.1 Å². The summed E-state index contributed by atoms with van der Waals surface area (Å²) in [6, 6.07) is 5.94. The SMILES string of the molecule is Cc1cccc(OCCC(=O)N2CCC(C)C(O)C2)c1C. The molecule has 1 aliphatic heterocycles. The number of ether oxygens (including phenoxy) is 1. The number of likely N-dealkylation sites (tertiary alicyclic amines) is 1. The van der Waals surface area contributed by atoms with Crippen LogP contribution in [0.15, 0.2) is 18.2 Å². The summed E-state index contributed by atoms with van der Waals surface area (Å²) >= 11 is 0. The molecule has 1 fully saturated rings. The number of β-amino-alcohol motifs (C(OH)–C–C–N with tert-alkyl or cyclic N) is 1. The Hall–Kier alpha value is -1.55. The van der Waals surface area contributed by atoms with Crippen LogP contribution in [0.3, 0.4) is 0 Å². The van der Waals surface area contributed by atoms with Gasteiger partial charge in [-0.2, -0.15) is 0 Å². The molecular weight excluding hydrogens is 266 g/mol. The molecule has 0 aliphatic carbocycles. The van der Waals surface area contributed by atoms with Gasteiger partial charge in [-0.25, -0.2) is 0 Å². The summed E-state index contributed by atoms with van der Waals surface area (Å²) in [7, 11) is 0. The van der Waals surface area contributed by atoms with Gasteiger partial charge < -0.3 is 14.7 Å². The molecule has 21 heavy (non-hydrogen) atoms. The predicted molar refractivity (Wildman–Crippen MR) is 82.4 cm³/mol. The zero-order chi connectivity index (χ0) is 15.4. The van der Waals surface area contributed by atoms with Gasteiger partial charge in [-0.15, -0.1) is 0 Å². The van der Waals surface area contributed by atoms with Crippen LogP contribution >= 0.6 is 0 Å². The number of benzene rings is 1. The van der Waals surface area contributed by atoms with E-state index in [1.807, 2.05) is 39.0 Å². The van der Waals surface area contributed by atoms with E-state index in [1.165, 1.54) is 5.56 Å². The molecule has 4 heteroatoms. The largest absolute Gasteiger partial charge is 0.493 e. The van der Waals surface area contributed by atoms with Crippen LogP contribution in [0.25, 0.3) is 0 Å². The van der Waals surface area contributed by atoms with Crippen molar-refractivity contribution in [1.29, 1.82) is 0 Å². The van der Waals surface area contributed by atoms with Gasteiger partial charge >= 0.3 is 0 Å². The van der Waals surface area contributed by atoms with Crippen LogP contribution in [0.1, 0.15) is 30.9 Å². The van der Waals surface area contributed by atoms with Crippen molar-refractivity contribution in [2.24, 2.45) is 5.92 Å². The first-order valence-electron chi connectivity index (χ1n) is 7.64. The Bertz CT molecular complexity index is 501. The minimum Gasteiger partial charge on any atom is -0.493 e. The number of nitrogens with zero attached hydrogens (tertiary/aromatic N) is 1. The van der Waals surface area contributed by atoms with Crippen molar-refractivity contribution in [2.45, 2.75) is 39.7 Å². The molecule has 0 bridgehead atoms. The van der Waals surface area contributed by atoms with E-state index >= 15 is 0 Å². The quantitative estimate of drug-likeness (QED) is 0.926. The third-order valence-electron chi connectivity index (χ3n) is 4.40. The third-order valence-corrected chi connectivity index (χ3v) is 4.40. The second-order valence-electron chi connectivity index (χ2n) is 5.97. The van der Waals surface area contributed by atoms with Crippen LogP contribution in [0.5, 0.6) is 5.75 Å². The average Bonchev–Trinajstić information content (AvgIpc) is 2.46. The van der Waals surface area contributed by atoms with Crippen LogP contribution in [-0.2, 0) is 4.79 Å². The molecule has 1 aromatic rings. The fraction of sp³-hybridized carbons (Fsp3) is 0.588. The highest BCUT2D eigenvalue weighted by atomic mass is 16.5. The van der Waals surface area contributed by atoms with Gasteiger partial charge in [0.15, 0.2) is 0 Å². The van der Waals surface area contributed by atoms with Crippen molar-refractivity contribution in [1.82, 2.24) is 4.90 Å². The first-order chi connectivity index (χ1) is 9.99. The summed E-state index contributed by atoms with van der Waals surface area (Å²) in [6.07, 6.45) is 0.821. The van der Waals surface area contributed by atoms with Crippen molar-refractivity contribution < 1.29 is 14.6 Å². The molecule has 2 atom stereocenters. The van der Waals surface area contributed by atoms with Gasteiger partial charge in [0, 0.05) is 13.1 Å². The molecule has 0 spiro atoms. The first kappa shape index (κ1) is 15.8. The Morgan fingerprint density at radius 2 is 2.19 bits per heavy atom. The number of carbonyl (C=O) groups excluding carboxylic acids is 1. The third kappa shape index (κ3) is 3.97. The zero-order valence-corrected chi connectivity index (χ0v) is 13.1. The summed E-state index contributed by atoms with van der Waals surface area (Å²) in [4.78, 5) is 13.9. The number of rotatable bonds is 4. The molecule has 1 saturated heterocycles. The van der Waals surface area contributed by atoms with E-state index in [1.54, 1.807) is 4.90 Å². The standard InChI is InChI=1S/C17H25NO3/c1-12-5-4-6-16(14(12)3)21-10-8-17(20)18-9-7-13(2)15(19)11-18/h4-6,13,15,19H,7-11H2,1-3H3. The van der Waals surface area contributed by atoms with Crippen molar-refractivity contribution >= 4 is 5.91 Å². The van der Waals surface area contributed by atoms with Crippen LogP contribution < -0.4 is 4.74 Å². The molecule has 0 radical (unpaired) electrons. The highest BCUT2D eigenvalue weighted by Crippen LogP contribution is 2.21. The summed E-state index contributed by atoms with van der Waals surface area (Å²) in [5, 5.41) is 9.84. The van der Waals surface area contributed by atoms with Crippen LogP contribution in [-0.4, -0.2) is 41.7 Å². The molecule has 116 valence electrons. The molecule has 0 aromatic heterocycles. The highest BCUT2D eigenvalue weighted by molar-refractivity contribution is 5.76. The Morgan fingerprint density at radius 1 is 1.43 bits per heavy atom. The summed E-state index contributed by atoms with van der Waals surface area (Å²) < 4.78 is 5.72. The van der Waals surface area contributed by atoms with E-state index in [9.17, 15) is 9.90 Å². The van der Waals surface area contributed by atoms with Crippen molar-refractivity contribution in [3.05, 3.63) is 29.3 Å². The van der Waals surface area contributed by atoms with E-state index in [-0.39, 0.29) is 11.8 Å². The van der Waals surface area contributed by atoms with E-state index < -0.39 is 6.10 Å². The normalized spacial score (nSPS) is 22.2. The van der Waals surface area contributed by atoms with Gasteiger partial charge in [0.1, 0.15) is 5.75 Å². The molecule has 1 aromatic carbocycles. The zero-order valence-electron chi connectivity index (χ0n) is 13.1. The fourth-order valence-corrected chi connectivity index (χ4v) is 2.56. The molecule has 2 unspecified atom stereocenters. The number of hydrogen-bond acceptors (Lipinski definition) is 3. The Kier molecular flexibility index (Phi) is 5.23. The van der Waals surface area contributed by atoms with Gasteiger partial charge in [0.2, 0.25) is 5.91 Å². The maximum Gasteiger partial charge on any atom is 0.226 e. The summed E-state index contributed by atoms with van der Waals surface area (Å²) in [5.41, 5.74) is 2.30. The maximum atomic E-state index is 12.1. The Morgan fingerprint density at radius 3 is 2.90 bits per heavy atom. The van der Waals surface area contributed by atoms with E-state index in [2.05, 4.69) is 0 Å². The van der Waals surface area contributed by atoms with Crippen molar-refractivity contribution in [3.8, 4) is 5.75 Å².